The van der Waals surface area contributed by atoms with Crippen LogP contribution < -0.4 is 18.9 Å². The molecule has 0 bridgehead atoms. The highest BCUT2D eigenvalue weighted by Crippen LogP contribution is 2.37. The largest absolute Gasteiger partial charge is 0.489 e. The maximum absolute atomic E-state index is 15.1. The highest BCUT2D eigenvalue weighted by Gasteiger charge is 2.25. The van der Waals surface area contributed by atoms with Crippen molar-refractivity contribution >= 4 is 11.8 Å². The van der Waals surface area contributed by atoms with Gasteiger partial charge in [0.2, 0.25) is 0 Å². The van der Waals surface area contributed by atoms with E-state index in [2.05, 4.69) is 0 Å². The second-order valence-electron chi connectivity index (χ2n) is 11.6. The third-order valence-corrected chi connectivity index (χ3v) is 7.76. The van der Waals surface area contributed by atoms with Crippen LogP contribution in [0.3, 0.4) is 0 Å². The Morgan fingerprint density at radius 2 is 0.961 bits per heavy atom. The number of esters is 1. The fraction of sp³-hybridized carbons (Fsp3) is 0.116. The van der Waals surface area contributed by atoms with Gasteiger partial charge in [0.1, 0.15) is 49.2 Å². The van der Waals surface area contributed by atoms with Crippen molar-refractivity contribution in [3.8, 4) is 23.0 Å². The van der Waals surface area contributed by atoms with E-state index >= 15 is 4.39 Å². The zero-order chi connectivity index (χ0) is 35.3. The topological polar surface area (TPSA) is 80.3 Å². The Labute approximate surface area is 295 Å². The molecule has 0 aliphatic rings. The molecule has 0 N–H and O–H groups in total. The van der Waals surface area contributed by atoms with E-state index in [1.807, 2.05) is 121 Å². The van der Waals surface area contributed by atoms with Gasteiger partial charge in [0, 0.05) is 12.1 Å². The lowest BCUT2D eigenvalue weighted by molar-refractivity contribution is 0.0698. The van der Waals surface area contributed by atoms with E-state index in [1.54, 1.807) is 6.07 Å². The summed E-state index contributed by atoms with van der Waals surface area (Å²) in [4.78, 5) is 27.4. The van der Waals surface area contributed by atoms with Gasteiger partial charge in [-0.3, -0.25) is 4.79 Å². The average Bonchev–Trinajstić information content (AvgIpc) is 3.17. The number of hydrogen-bond donors (Lipinski definition) is 0. The Kier molecular flexibility index (Phi) is 11.8. The van der Waals surface area contributed by atoms with Gasteiger partial charge in [0.15, 0.2) is 17.3 Å². The van der Waals surface area contributed by atoms with Crippen LogP contribution in [0.2, 0.25) is 0 Å². The number of carbonyl (C=O) groups is 2. The highest BCUT2D eigenvalue weighted by molar-refractivity contribution is 6.04. The summed E-state index contributed by atoms with van der Waals surface area (Å²) in [5.41, 5.74) is 3.42. The lowest BCUT2D eigenvalue weighted by Crippen LogP contribution is -2.16. The number of ketones is 1. The van der Waals surface area contributed by atoms with Gasteiger partial charge in [-0.2, -0.15) is 0 Å². The van der Waals surface area contributed by atoms with Crippen molar-refractivity contribution in [3.63, 3.8) is 0 Å². The third kappa shape index (κ3) is 9.90. The van der Waals surface area contributed by atoms with E-state index in [0.717, 1.165) is 28.3 Å². The van der Waals surface area contributed by atoms with Crippen molar-refractivity contribution in [3.05, 3.63) is 191 Å². The van der Waals surface area contributed by atoms with Crippen molar-refractivity contribution in [2.24, 2.45) is 0 Å². The smallest absolute Gasteiger partial charge is 0.343 e. The first-order valence-electron chi connectivity index (χ1n) is 16.4. The normalized spacial score (nSPS) is 10.7. The SMILES string of the molecule is O=C(Oc1cc(OCc2ccccc2)cc(OCc2ccccc2)c1C(=O)COCc1ccccc1)c1ccc(OCc2ccccc2)c(F)c1. The number of Topliss-reactive ketones (excluding diaryl/α,β-unsaturated/α-hetero) is 1. The summed E-state index contributed by atoms with van der Waals surface area (Å²) >= 11 is 0. The zero-order valence-electron chi connectivity index (χ0n) is 27.7. The van der Waals surface area contributed by atoms with Crippen LogP contribution in [0.4, 0.5) is 4.39 Å². The molecule has 0 saturated heterocycles. The molecule has 8 heteroatoms. The summed E-state index contributed by atoms with van der Waals surface area (Å²) in [7, 11) is 0. The van der Waals surface area contributed by atoms with Crippen LogP contribution in [0.1, 0.15) is 43.0 Å². The molecule has 0 heterocycles. The maximum Gasteiger partial charge on any atom is 0.343 e. The first kappa shape index (κ1) is 34.6. The van der Waals surface area contributed by atoms with Gasteiger partial charge in [-0.05, 0) is 40.5 Å². The third-order valence-electron chi connectivity index (χ3n) is 7.76. The molecule has 6 aromatic carbocycles. The molecule has 0 saturated carbocycles. The molecule has 0 aliphatic carbocycles. The summed E-state index contributed by atoms with van der Waals surface area (Å²) in [6.07, 6.45) is 0. The van der Waals surface area contributed by atoms with Crippen molar-refractivity contribution in [2.75, 3.05) is 6.61 Å². The van der Waals surface area contributed by atoms with E-state index in [9.17, 15) is 9.59 Å². The Morgan fingerprint density at radius 1 is 0.490 bits per heavy atom. The van der Waals surface area contributed by atoms with Crippen LogP contribution in [-0.2, 0) is 31.2 Å². The molecular weight excluding hydrogens is 647 g/mol. The van der Waals surface area contributed by atoms with Gasteiger partial charge < -0.3 is 23.7 Å². The second-order valence-corrected chi connectivity index (χ2v) is 11.6. The zero-order valence-corrected chi connectivity index (χ0v) is 27.7. The molecule has 0 amide bonds. The lowest BCUT2D eigenvalue weighted by atomic mass is 10.1. The second kappa shape index (κ2) is 17.4. The van der Waals surface area contributed by atoms with Crippen LogP contribution in [0.25, 0.3) is 0 Å². The van der Waals surface area contributed by atoms with Crippen LogP contribution in [0.5, 0.6) is 23.0 Å². The number of benzene rings is 6. The molecule has 0 radical (unpaired) electrons. The Bertz CT molecular complexity index is 2040. The standard InChI is InChI=1S/C43H35FO7/c44-37-23-35(21-22-39(37)49-28-33-17-9-3-10-18-33)43(46)51-41-25-36(48-27-32-15-7-2-8-16-32)24-40(50-29-34-19-11-4-12-20-34)42(41)38(45)30-47-26-31-13-5-1-6-14-31/h1-25H,26-30H2. The van der Waals surface area contributed by atoms with Gasteiger partial charge in [-0.15, -0.1) is 0 Å². The lowest BCUT2D eigenvalue weighted by Gasteiger charge is -2.18. The summed E-state index contributed by atoms with van der Waals surface area (Å²) in [6.45, 7) is 0.346. The molecule has 51 heavy (non-hydrogen) atoms. The predicted molar refractivity (Wildman–Crippen MR) is 191 cm³/mol. The summed E-state index contributed by atoms with van der Waals surface area (Å²) in [6, 6.07) is 44.6. The molecule has 0 aromatic heterocycles. The molecule has 256 valence electrons. The average molecular weight is 683 g/mol. The molecule has 0 fully saturated rings. The fourth-order valence-electron chi connectivity index (χ4n) is 5.14. The Balaban J connectivity index is 1.29. The van der Waals surface area contributed by atoms with Crippen LogP contribution in [0, 0.1) is 5.82 Å². The molecular formula is C43H35FO7. The number of carbonyl (C=O) groups excluding carboxylic acids is 2. The van der Waals surface area contributed by atoms with Crippen molar-refractivity contribution in [1.82, 2.24) is 0 Å². The summed E-state index contributed by atoms with van der Waals surface area (Å²) in [5.74, 6) is -1.82. The number of hydrogen-bond acceptors (Lipinski definition) is 7. The number of rotatable bonds is 16. The first-order valence-corrected chi connectivity index (χ1v) is 16.4. The summed E-state index contributed by atoms with van der Waals surface area (Å²) in [5, 5.41) is 0. The molecule has 0 aliphatic heterocycles. The van der Waals surface area contributed by atoms with Gasteiger partial charge in [0.25, 0.3) is 0 Å². The van der Waals surface area contributed by atoms with Crippen LogP contribution in [-0.4, -0.2) is 18.4 Å². The molecule has 6 aromatic rings. The summed E-state index contributed by atoms with van der Waals surface area (Å²) < 4.78 is 44.7. The van der Waals surface area contributed by atoms with Crippen molar-refractivity contribution in [2.45, 2.75) is 26.4 Å². The van der Waals surface area contributed by atoms with Crippen LogP contribution >= 0.6 is 0 Å². The number of ether oxygens (including phenoxy) is 5. The van der Waals surface area contributed by atoms with E-state index in [4.69, 9.17) is 23.7 Å². The minimum absolute atomic E-state index is 0.0114. The van der Waals surface area contributed by atoms with Gasteiger partial charge >= 0.3 is 5.97 Å². The first-order chi connectivity index (χ1) is 25.0. The van der Waals surface area contributed by atoms with Crippen molar-refractivity contribution in [1.29, 1.82) is 0 Å². The number of halogens is 1. The fourth-order valence-corrected chi connectivity index (χ4v) is 5.14. The molecule has 0 spiro atoms. The van der Waals surface area contributed by atoms with Gasteiger partial charge in [-0.25, -0.2) is 9.18 Å². The Hall–Kier alpha value is -6.25. The van der Waals surface area contributed by atoms with E-state index in [-0.39, 0.29) is 61.4 Å². The highest BCUT2D eigenvalue weighted by atomic mass is 19.1. The van der Waals surface area contributed by atoms with E-state index < -0.39 is 17.6 Å². The predicted octanol–water partition coefficient (Wildman–Crippen LogP) is 9.18. The minimum Gasteiger partial charge on any atom is -0.489 e. The quantitative estimate of drug-likeness (QED) is 0.0572. The monoisotopic (exact) mass is 682 g/mol. The molecule has 6 rings (SSSR count). The minimum atomic E-state index is -0.892. The van der Waals surface area contributed by atoms with Gasteiger partial charge in [0.05, 0.1) is 12.2 Å². The molecule has 0 atom stereocenters. The molecule has 0 unspecified atom stereocenters. The molecule has 7 nitrogen and oxygen atoms in total. The van der Waals surface area contributed by atoms with E-state index in [0.29, 0.717) is 5.75 Å². The van der Waals surface area contributed by atoms with Gasteiger partial charge in [-0.1, -0.05) is 121 Å². The van der Waals surface area contributed by atoms with E-state index in [1.165, 1.54) is 18.2 Å². The Morgan fingerprint density at radius 3 is 1.49 bits per heavy atom. The maximum atomic E-state index is 15.1. The van der Waals surface area contributed by atoms with Crippen LogP contribution in [0.15, 0.2) is 152 Å². The van der Waals surface area contributed by atoms with Crippen molar-refractivity contribution < 1.29 is 37.7 Å².